The number of carbonyl (C=O) groups is 3. The maximum atomic E-state index is 12.3. The molecule has 0 spiro atoms. The fourth-order valence-corrected chi connectivity index (χ4v) is 6.65. The summed E-state index contributed by atoms with van der Waals surface area (Å²) in [5, 5.41) is 16.9. The number of aldehydes is 1. The number of hydrogen-bond donors (Lipinski definition) is 3. The van der Waals surface area contributed by atoms with Crippen LogP contribution >= 0.6 is 0 Å². The number of ether oxygens (including phenoxy) is 2. The molecule has 8 aromatic rings. The van der Waals surface area contributed by atoms with Gasteiger partial charge in [0.2, 0.25) is 0 Å². The summed E-state index contributed by atoms with van der Waals surface area (Å²) >= 11 is 0. The van der Waals surface area contributed by atoms with Crippen molar-refractivity contribution in [3.63, 3.8) is 0 Å². The average molecular weight is 982 g/mol. The predicted octanol–water partition coefficient (Wildman–Crippen LogP) is 5.68. The van der Waals surface area contributed by atoms with Crippen LogP contribution in [-0.2, 0) is 31.9 Å². The van der Waals surface area contributed by atoms with Crippen LogP contribution in [-0.4, -0.2) is 92.6 Å². The summed E-state index contributed by atoms with van der Waals surface area (Å²) in [6, 6.07) is 58.5. The maximum Gasteiger partial charge on any atom is 2.00 e. The zero-order chi connectivity index (χ0) is 46.4. The first-order chi connectivity index (χ1) is 32.3. The van der Waals surface area contributed by atoms with Crippen molar-refractivity contribution >= 4 is 52.9 Å². The van der Waals surface area contributed by atoms with Crippen molar-refractivity contribution in [3.8, 4) is 22.5 Å². The second-order valence-corrected chi connectivity index (χ2v) is 14.6. The van der Waals surface area contributed by atoms with Gasteiger partial charge < -0.3 is 42.2 Å². The fourth-order valence-electron chi connectivity index (χ4n) is 6.65. The van der Waals surface area contributed by atoms with Gasteiger partial charge in [-0.1, -0.05) is 140 Å². The van der Waals surface area contributed by atoms with Crippen molar-refractivity contribution in [2.45, 2.75) is 31.0 Å². The van der Waals surface area contributed by atoms with E-state index in [9.17, 15) is 19.5 Å². The standard InChI is InChI=1S/C27H25N3O3.C21H19N3O3.C6H5.BrH.Mg/c1-33-27(32)24(16-19-8-4-2-5-9-19)30-25-17-23(28-18-29-25)20-12-14-22(15-13-20)26(31)21-10-6-3-7-11-21;1-27-21(26)19(11-15-5-3-2-4-6-15)24-20-12-18(22-14-23-20)17-9-7-16(13-25)8-10-17;1-2-4-6-5-3-1;;/h2-15,17-18,24,26,31H,16H2,1H3,(H,28,29,30);2-10,12-14,19H,11H2,1H3,(H,22,23,24);1-5H;1H;/q;;-1;;+2/p-1. The van der Waals surface area contributed by atoms with E-state index in [0.717, 1.165) is 39.7 Å². The molecule has 0 aliphatic carbocycles. The van der Waals surface area contributed by atoms with Gasteiger partial charge in [0.15, 0.2) is 0 Å². The smallest absolute Gasteiger partial charge is 1.00 e. The minimum Gasteiger partial charge on any atom is -1.00 e. The number of aromatic nitrogens is 4. The van der Waals surface area contributed by atoms with Gasteiger partial charge in [-0.15, -0.1) is 0 Å². The number of anilines is 2. The van der Waals surface area contributed by atoms with Crippen molar-refractivity contribution in [2.75, 3.05) is 24.9 Å². The van der Waals surface area contributed by atoms with Crippen molar-refractivity contribution in [2.24, 2.45) is 0 Å². The summed E-state index contributed by atoms with van der Waals surface area (Å²) in [4.78, 5) is 52.4. The van der Waals surface area contributed by atoms with Crippen LogP contribution in [0.3, 0.4) is 0 Å². The molecule has 68 heavy (non-hydrogen) atoms. The summed E-state index contributed by atoms with van der Waals surface area (Å²) in [5.74, 6) is 0.318. The molecule has 3 unspecified atom stereocenters. The Balaban J connectivity index is 0.000000260. The number of esters is 2. The Morgan fingerprint density at radius 2 is 0.971 bits per heavy atom. The van der Waals surface area contributed by atoms with Gasteiger partial charge in [0, 0.05) is 41.7 Å². The van der Waals surface area contributed by atoms with E-state index in [1.807, 2.05) is 158 Å². The van der Waals surface area contributed by atoms with E-state index in [0.29, 0.717) is 41.4 Å². The minimum atomic E-state index is -0.693. The third kappa shape index (κ3) is 16.6. The topological polar surface area (TPSA) is 166 Å². The molecule has 14 heteroatoms. The van der Waals surface area contributed by atoms with E-state index < -0.39 is 18.2 Å². The van der Waals surface area contributed by atoms with E-state index in [1.54, 1.807) is 24.3 Å². The second kappa shape index (κ2) is 28.8. The second-order valence-electron chi connectivity index (χ2n) is 14.6. The van der Waals surface area contributed by atoms with Crippen molar-refractivity contribution in [1.82, 2.24) is 19.9 Å². The third-order valence-electron chi connectivity index (χ3n) is 10.1. The van der Waals surface area contributed by atoms with Gasteiger partial charge in [0.05, 0.1) is 25.6 Å². The molecule has 0 saturated heterocycles. The zero-order valence-electron chi connectivity index (χ0n) is 37.6. The number of halogens is 1. The first-order valence-corrected chi connectivity index (χ1v) is 21.0. The first-order valence-electron chi connectivity index (χ1n) is 21.0. The van der Waals surface area contributed by atoms with Gasteiger partial charge in [-0.25, -0.2) is 29.5 Å². The molecule has 12 nitrogen and oxygen atoms in total. The molecule has 3 atom stereocenters. The Hall–Kier alpha value is -7.10. The largest absolute Gasteiger partial charge is 2.00 e. The van der Waals surface area contributed by atoms with Crippen LogP contribution < -0.4 is 27.6 Å². The number of methoxy groups -OCH3 is 2. The van der Waals surface area contributed by atoms with E-state index in [4.69, 9.17) is 9.47 Å². The molecule has 0 saturated carbocycles. The molecule has 0 amide bonds. The third-order valence-corrected chi connectivity index (χ3v) is 10.1. The van der Waals surface area contributed by atoms with Crippen molar-refractivity contribution in [3.05, 3.63) is 229 Å². The number of nitrogens with one attached hydrogen (secondary N) is 2. The molecular formula is C54H49BrMgN6O6. The van der Waals surface area contributed by atoms with E-state index in [2.05, 4.69) is 36.6 Å². The van der Waals surface area contributed by atoms with Crippen LogP contribution in [0.2, 0.25) is 0 Å². The number of aliphatic hydroxyl groups excluding tert-OH is 1. The zero-order valence-corrected chi connectivity index (χ0v) is 40.6. The maximum absolute atomic E-state index is 12.3. The summed E-state index contributed by atoms with van der Waals surface area (Å²) in [6.45, 7) is 0. The Bertz CT molecular complexity index is 2680. The van der Waals surface area contributed by atoms with Crippen LogP contribution in [0.15, 0.2) is 195 Å². The Morgan fingerprint density at radius 1 is 0.574 bits per heavy atom. The molecule has 3 N–H and O–H groups in total. The number of hydrogen-bond acceptors (Lipinski definition) is 12. The quantitative estimate of drug-likeness (QED) is 0.0499. The van der Waals surface area contributed by atoms with Crippen LogP contribution in [0.1, 0.15) is 38.7 Å². The molecular weight excluding hydrogens is 933 g/mol. The van der Waals surface area contributed by atoms with Crippen LogP contribution in [0.5, 0.6) is 0 Å². The van der Waals surface area contributed by atoms with Crippen molar-refractivity contribution < 1.29 is 45.9 Å². The normalized spacial score (nSPS) is 11.3. The molecule has 0 fully saturated rings. The molecule has 340 valence electrons. The monoisotopic (exact) mass is 980 g/mol. The molecule has 0 aliphatic rings. The van der Waals surface area contributed by atoms with Crippen LogP contribution in [0, 0.1) is 6.07 Å². The summed E-state index contributed by atoms with van der Waals surface area (Å²) < 4.78 is 9.89. The summed E-state index contributed by atoms with van der Waals surface area (Å²) in [5.41, 5.74) is 7.38. The molecule has 2 aromatic heterocycles. The SMILES string of the molecule is COC(=O)C(Cc1ccccc1)Nc1cc(-c2ccc(C(O)c3ccccc3)cc2)ncn1.COC(=O)C(Cc1ccccc1)Nc1cc(-c2ccc(C=O)cc2)ncn1.[Br-].[Mg+2].[c-]1ccccc1. The molecule has 0 bridgehead atoms. The van der Waals surface area contributed by atoms with Gasteiger partial charge in [0.1, 0.15) is 48.8 Å². The van der Waals surface area contributed by atoms with E-state index >= 15 is 0 Å². The number of carbonyl (C=O) groups excluding carboxylic acids is 3. The van der Waals surface area contributed by atoms with Gasteiger partial charge in [-0.3, -0.25) is 4.79 Å². The van der Waals surface area contributed by atoms with Gasteiger partial charge in [-0.2, -0.15) is 36.4 Å². The van der Waals surface area contributed by atoms with Gasteiger partial charge in [0.25, 0.3) is 0 Å². The van der Waals surface area contributed by atoms with Crippen LogP contribution in [0.4, 0.5) is 11.6 Å². The summed E-state index contributed by atoms with van der Waals surface area (Å²) in [6.07, 6.45) is 3.94. The molecule has 0 aliphatic heterocycles. The van der Waals surface area contributed by atoms with E-state index in [-0.39, 0.29) is 52.0 Å². The first kappa shape index (κ1) is 53.5. The molecule has 0 radical (unpaired) electrons. The number of rotatable bonds is 15. The predicted molar refractivity (Wildman–Crippen MR) is 261 cm³/mol. The fraction of sp³-hybridized carbons (Fsp3) is 0.130. The molecule has 6 aromatic carbocycles. The number of nitrogens with zero attached hydrogens (tertiary/aromatic N) is 4. The summed E-state index contributed by atoms with van der Waals surface area (Å²) in [7, 11) is 2.74. The Morgan fingerprint density at radius 3 is 1.35 bits per heavy atom. The number of benzene rings is 6. The van der Waals surface area contributed by atoms with E-state index in [1.165, 1.54) is 26.9 Å². The molecule has 2 heterocycles. The van der Waals surface area contributed by atoms with Gasteiger partial charge in [-0.05, 0) is 22.3 Å². The number of aliphatic hydroxyl groups is 1. The van der Waals surface area contributed by atoms with Crippen LogP contribution in [0.25, 0.3) is 22.5 Å². The van der Waals surface area contributed by atoms with Crippen molar-refractivity contribution in [1.29, 1.82) is 0 Å². The Kier molecular flexibility index (Phi) is 22.7. The van der Waals surface area contributed by atoms with Gasteiger partial charge >= 0.3 is 35.0 Å². The average Bonchev–Trinajstić information content (AvgIpc) is 3.39. The minimum absolute atomic E-state index is 0. The Labute approximate surface area is 423 Å². The molecule has 8 rings (SSSR count).